The van der Waals surface area contributed by atoms with Gasteiger partial charge in [0.15, 0.2) is 0 Å². The van der Waals surface area contributed by atoms with E-state index in [9.17, 15) is 0 Å². The molecule has 0 aliphatic heterocycles. The molecule has 0 amide bonds. The van der Waals surface area contributed by atoms with Crippen LogP contribution in [0.5, 0.6) is 0 Å². The van der Waals surface area contributed by atoms with Crippen molar-refractivity contribution in [3.63, 3.8) is 0 Å². The second-order valence-electron chi connectivity index (χ2n) is 5.32. The van der Waals surface area contributed by atoms with Gasteiger partial charge in [-0.3, -0.25) is 0 Å². The number of ether oxygens (including phenoxy) is 1. The number of hydrogen-bond donors (Lipinski definition) is 0. The molecule has 1 saturated carbocycles. The first-order valence-electron chi connectivity index (χ1n) is 6.74. The Kier molecular flexibility index (Phi) is 3.79. The molecule has 1 heterocycles. The monoisotopic (exact) mass is 295 g/mol. The zero-order valence-electron chi connectivity index (χ0n) is 11.1. The third-order valence-corrected chi connectivity index (χ3v) is 5.39. The van der Waals surface area contributed by atoms with Gasteiger partial charge in [0, 0.05) is 18.9 Å². The molecule has 3 rings (SSSR count). The molecule has 19 heavy (non-hydrogen) atoms. The predicted octanol–water partition coefficient (Wildman–Crippen LogP) is 4.41. The molecular formula is C15H18ClNOS. The quantitative estimate of drug-likeness (QED) is 0.763. The van der Waals surface area contributed by atoms with Crippen LogP contribution in [0.3, 0.4) is 0 Å². The third-order valence-electron chi connectivity index (χ3n) is 4.03. The lowest BCUT2D eigenvalue weighted by molar-refractivity contribution is -0.0777. The van der Waals surface area contributed by atoms with E-state index in [1.165, 1.54) is 11.1 Å². The first-order chi connectivity index (χ1) is 9.21. The molecule has 0 saturated heterocycles. The van der Waals surface area contributed by atoms with Gasteiger partial charge < -0.3 is 4.74 Å². The fourth-order valence-corrected chi connectivity index (χ4v) is 4.30. The van der Waals surface area contributed by atoms with Crippen molar-refractivity contribution < 1.29 is 4.74 Å². The average Bonchev–Trinajstić information content (AvgIpc) is 2.75. The predicted molar refractivity (Wildman–Crippen MR) is 81.2 cm³/mol. The van der Waals surface area contributed by atoms with E-state index in [-0.39, 0.29) is 11.0 Å². The summed E-state index contributed by atoms with van der Waals surface area (Å²) >= 11 is 8.25. The number of thiazole rings is 1. The molecular weight excluding hydrogens is 278 g/mol. The molecule has 0 N–H and O–H groups in total. The van der Waals surface area contributed by atoms with Crippen LogP contribution in [0.25, 0.3) is 10.2 Å². The van der Waals surface area contributed by atoms with Crippen LogP contribution in [0.15, 0.2) is 24.3 Å². The van der Waals surface area contributed by atoms with Gasteiger partial charge in [0.1, 0.15) is 0 Å². The summed E-state index contributed by atoms with van der Waals surface area (Å²) in [6.07, 6.45) is 5.32. The highest BCUT2D eigenvalue weighted by Crippen LogP contribution is 2.40. The van der Waals surface area contributed by atoms with Crippen molar-refractivity contribution in [2.45, 2.75) is 43.1 Å². The number of alkyl halides is 1. The Bertz CT molecular complexity index is 526. The average molecular weight is 296 g/mol. The Labute approximate surface area is 122 Å². The van der Waals surface area contributed by atoms with Crippen molar-refractivity contribution in [1.82, 2.24) is 4.98 Å². The zero-order chi connectivity index (χ0) is 13.3. The highest BCUT2D eigenvalue weighted by atomic mass is 35.5. The zero-order valence-corrected chi connectivity index (χ0v) is 12.6. The van der Waals surface area contributed by atoms with Gasteiger partial charge in [-0.15, -0.1) is 22.9 Å². The number of rotatable bonds is 5. The van der Waals surface area contributed by atoms with E-state index >= 15 is 0 Å². The van der Waals surface area contributed by atoms with Crippen LogP contribution in [0.2, 0.25) is 0 Å². The molecule has 1 fully saturated rings. The van der Waals surface area contributed by atoms with E-state index in [1.807, 2.05) is 6.07 Å². The summed E-state index contributed by atoms with van der Waals surface area (Å²) in [5, 5.41) is 1.24. The van der Waals surface area contributed by atoms with E-state index in [0.717, 1.165) is 36.2 Å². The van der Waals surface area contributed by atoms with Crippen molar-refractivity contribution in [3.05, 3.63) is 29.3 Å². The Morgan fingerprint density at radius 2 is 2.21 bits per heavy atom. The highest BCUT2D eigenvalue weighted by molar-refractivity contribution is 7.18. The molecule has 102 valence electrons. The first-order valence-corrected chi connectivity index (χ1v) is 8.00. The fourth-order valence-electron chi connectivity index (χ4n) is 2.74. The second-order valence-corrected chi connectivity index (χ2v) is 7.05. The number of methoxy groups -OCH3 is 1. The lowest BCUT2D eigenvalue weighted by atomic mass is 9.76. The summed E-state index contributed by atoms with van der Waals surface area (Å²) in [6.45, 7) is 0. The summed E-state index contributed by atoms with van der Waals surface area (Å²) in [7, 11) is 1.81. The molecule has 1 aliphatic rings. The first kappa shape index (κ1) is 13.3. The van der Waals surface area contributed by atoms with Gasteiger partial charge in [-0.2, -0.15) is 0 Å². The summed E-state index contributed by atoms with van der Waals surface area (Å²) < 4.78 is 6.88. The van der Waals surface area contributed by atoms with Crippen LogP contribution < -0.4 is 0 Å². The van der Waals surface area contributed by atoms with Crippen LogP contribution >= 0.6 is 22.9 Å². The summed E-state index contributed by atoms with van der Waals surface area (Å²) in [5.74, 6) is 0. The SMILES string of the molecule is COC1(CC(Cl)Cc2nc3ccccc3s2)CCC1. The van der Waals surface area contributed by atoms with Crippen LogP contribution in [-0.4, -0.2) is 23.1 Å². The Morgan fingerprint density at radius 1 is 1.42 bits per heavy atom. The van der Waals surface area contributed by atoms with Crippen LogP contribution in [0.1, 0.15) is 30.7 Å². The van der Waals surface area contributed by atoms with E-state index in [0.29, 0.717) is 0 Å². The van der Waals surface area contributed by atoms with Gasteiger partial charge in [-0.1, -0.05) is 12.1 Å². The molecule has 2 nitrogen and oxygen atoms in total. The summed E-state index contributed by atoms with van der Waals surface area (Å²) in [4.78, 5) is 4.65. The molecule has 1 atom stereocenters. The maximum Gasteiger partial charge on any atom is 0.0953 e. The van der Waals surface area contributed by atoms with Crippen LogP contribution in [0.4, 0.5) is 0 Å². The minimum atomic E-state index is 0.0447. The normalized spacial score (nSPS) is 19.3. The Hall–Kier alpha value is -0.640. The van der Waals surface area contributed by atoms with E-state index in [1.54, 1.807) is 18.4 Å². The number of para-hydroxylation sites is 1. The number of fused-ring (bicyclic) bond motifs is 1. The van der Waals surface area contributed by atoms with Gasteiger partial charge in [-0.25, -0.2) is 4.98 Å². The molecule has 2 aromatic rings. The minimum absolute atomic E-state index is 0.0447. The van der Waals surface area contributed by atoms with Crippen molar-refractivity contribution in [2.75, 3.05) is 7.11 Å². The van der Waals surface area contributed by atoms with Crippen LogP contribution in [0, 0.1) is 0 Å². The number of halogens is 1. The summed E-state index contributed by atoms with van der Waals surface area (Å²) in [5.41, 5.74) is 1.12. The smallest absolute Gasteiger partial charge is 0.0953 e. The van der Waals surface area contributed by atoms with Gasteiger partial charge >= 0.3 is 0 Å². The van der Waals surface area contributed by atoms with Crippen molar-refractivity contribution in [2.24, 2.45) is 0 Å². The van der Waals surface area contributed by atoms with Crippen molar-refractivity contribution >= 4 is 33.2 Å². The molecule has 0 bridgehead atoms. The largest absolute Gasteiger partial charge is 0.378 e. The van der Waals surface area contributed by atoms with Gasteiger partial charge in [0.05, 0.1) is 20.8 Å². The maximum absolute atomic E-state index is 6.51. The number of benzene rings is 1. The van der Waals surface area contributed by atoms with Gasteiger partial charge in [0.2, 0.25) is 0 Å². The molecule has 1 unspecified atom stereocenters. The van der Waals surface area contributed by atoms with Crippen molar-refractivity contribution in [1.29, 1.82) is 0 Å². The molecule has 4 heteroatoms. The topological polar surface area (TPSA) is 22.1 Å². The van der Waals surface area contributed by atoms with Crippen LogP contribution in [-0.2, 0) is 11.2 Å². The number of aromatic nitrogens is 1. The minimum Gasteiger partial charge on any atom is -0.378 e. The molecule has 1 aromatic carbocycles. The third kappa shape index (κ3) is 2.78. The highest BCUT2D eigenvalue weighted by Gasteiger charge is 2.38. The molecule has 1 aromatic heterocycles. The van der Waals surface area contributed by atoms with Gasteiger partial charge in [-0.05, 0) is 37.8 Å². The van der Waals surface area contributed by atoms with Crippen molar-refractivity contribution in [3.8, 4) is 0 Å². The second kappa shape index (κ2) is 5.39. The Morgan fingerprint density at radius 3 is 2.84 bits per heavy atom. The van der Waals surface area contributed by atoms with E-state index in [4.69, 9.17) is 16.3 Å². The number of nitrogens with zero attached hydrogens (tertiary/aromatic N) is 1. The summed E-state index contributed by atoms with van der Waals surface area (Å²) in [6, 6.07) is 8.25. The number of hydrogen-bond acceptors (Lipinski definition) is 3. The molecule has 0 radical (unpaired) electrons. The van der Waals surface area contributed by atoms with E-state index in [2.05, 4.69) is 23.2 Å². The van der Waals surface area contributed by atoms with Gasteiger partial charge in [0.25, 0.3) is 0 Å². The maximum atomic E-state index is 6.51. The fraction of sp³-hybridized carbons (Fsp3) is 0.533. The molecule has 0 spiro atoms. The lowest BCUT2D eigenvalue weighted by Crippen LogP contribution is -2.41. The lowest BCUT2D eigenvalue weighted by Gasteiger charge is -2.41. The Balaban J connectivity index is 1.67. The standard InChI is InChI=1S/C15H18ClNOS/c1-18-15(7-4-8-15)10-11(16)9-14-17-12-5-2-3-6-13(12)19-14/h2-3,5-6,11H,4,7-10H2,1H3. The van der Waals surface area contributed by atoms with E-state index < -0.39 is 0 Å². The molecule has 1 aliphatic carbocycles.